The third-order valence-corrected chi connectivity index (χ3v) is 1.21. The fourth-order valence-corrected chi connectivity index (χ4v) is 0.712. The van der Waals surface area contributed by atoms with E-state index in [9.17, 15) is 4.79 Å². The second-order valence-electron chi connectivity index (χ2n) is 1.99. The van der Waals surface area contributed by atoms with Gasteiger partial charge in [-0.25, -0.2) is 0 Å². The summed E-state index contributed by atoms with van der Waals surface area (Å²) in [5.74, 6) is -0.218. The Kier molecular flexibility index (Phi) is 1.65. The van der Waals surface area contributed by atoms with E-state index in [1.165, 1.54) is 6.92 Å². The van der Waals surface area contributed by atoms with Gasteiger partial charge in [-0.1, -0.05) is 0 Å². The second-order valence-corrected chi connectivity index (χ2v) is 1.99. The number of hydrogen-bond acceptors (Lipinski definition) is 2. The number of carbonyl (C=O) groups is 1. The summed E-state index contributed by atoms with van der Waals surface area (Å²) in [5.41, 5.74) is 0.322. The Labute approximate surface area is 59.2 Å². The molecule has 0 fully saturated rings. The van der Waals surface area contributed by atoms with Crippen molar-refractivity contribution in [3.05, 3.63) is 35.6 Å². The Morgan fingerprint density at radius 2 is 2.40 bits per heavy atom. The molecule has 10 heavy (non-hydrogen) atoms. The number of hydrogen-bond donors (Lipinski definition) is 1. The summed E-state index contributed by atoms with van der Waals surface area (Å²) in [6.45, 7) is 1.41. The van der Waals surface area contributed by atoms with Gasteiger partial charge >= 0.3 is 0 Å². The van der Waals surface area contributed by atoms with Gasteiger partial charge in [0.15, 0.2) is 5.57 Å². The molecule has 1 aliphatic rings. The molecule has 2 nitrogen and oxygen atoms in total. The zero-order valence-corrected chi connectivity index (χ0v) is 5.59. The molecule has 0 saturated carbocycles. The summed E-state index contributed by atoms with van der Waals surface area (Å²) in [6, 6.07) is 0. The summed E-state index contributed by atoms with van der Waals surface area (Å²) in [7, 11) is 0. The van der Waals surface area contributed by atoms with Crippen molar-refractivity contribution in [3.63, 3.8) is 0 Å². The van der Waals surface area contributed by atoms with Gasteiger partial charge in [0.25, 0.3) is 5.76 Å². The van der Waals surface area contributed by atoms with Gasteiger partial charge in [0.1, 0.15) is 6.08 Å². The van der Waals surface area contributed by atoms with E-state index in [4.69, 9.17) is 5.11 Å². The maximum Gasteiger partial charge on any atom is 0.298 e. The molecule has 0 spiro atoms. The van der Waals surface area contributed by atoms with E-state index in [-0.39, 0.29) is 11.5 Å². The lowest BCUT2D eigenvalue weighted by Gasteiger charge is -1.91. The smallest absolute Gasteiger partial charge is 0.298 e. The van der Waals surface area contributed by atoms with Crippen LogP contribution in [0.4, 0.5) is 0 Å². The molecule has 0 aromatic carbocycles. The summed E-state index contributed by atoms with van der Waals surface area (Å²) in [6.07, 6.45) is 7.30. The maximum atomic E-state index is 10.7. The van der Waals surface area contributed by atoms with Crippen LogP contribution in [0.2, 0.25) is 0 Å². The van der Waals surface area contributed by atoms with E-state index in [0.29, 0.717) is 5.57 Å². The van der Waals surface area contributed by atoms with Crippen molar-refractivity contribution in [1.82, 2.24) is 0 Å². The van der Waals surface area contributed by atoms with Gasteiger partial charge in [0, 0.05) is 13.0 Å². The number of aliphatic hydroxyl groups is 1. The third-order valence-electron chi connectivity index (χ3n) is 1.21. The average molecular weight is 135 g/mol. The van der Waals surface area contributed by atoms with Crippen LogP contribution in [0.1, 0.15) is 6.92 Å². The minimum atomic E-state index is -0.144. The minimum absolute atomic E-state index is 0.0741. The highest BCUT2D eigenvalue weighted by Crippen LogP contribution is 2.11. The minimum Gasteiger partial charge on any atom is -0.480 e. The van der Waals surface area contributed by atoms with E-state index in [1.807, 2.05) is 0 Å². The zero-order valence-electron chi connectivity index (χ0n) is 5.59. The topological polar surface area (TPSA) is 37.3 Å². The molecular weight excluding hydrogens is 128 g/mol. The Bertz CT molecular complexity index is 244. The molecule has 1 aliphatic carbocycles. The first-order valence-corrected chi connectivity index (χ1v) is 2.92. The van der Waals surface area contributed by atoms with Gasteiger partial charge in [-0.3, -0.25) is 4.79 Å². The predicted octanol–water partition coefficient (Wildman–Crippen LogP) is 1.32. The molecule has 0 aliphatic heterocycles. The van der Waals surface area contributed by atoms with Crippen molar-refractivity contribution in [2.75, 3.05) is 0 Å². The number of carbonyl (C=O) groups excluding carboxylic acids is 1. The molecule has 0 unspecified atom stereocenters. The highest BCUT2D eigenvalue weighted by atomic mass is 16.3. The highest BCUT2D eigenvalue weighted by Gasteiger charge is 2.18. The Balaban J connectivity index is 2.98. The molecule has 1 rings (SSSR count). The van der Waals surface area contributed by atoms with Crippen molar-refractivity contribution in [3.8, 4) is 0 Å². The van der Waals surface area contributed by atoms with Gasteiger partial charge in [0.05, 0.1) is 12.2 Å². The van der Waals surface area contributed by atoms with Gasteiger partial charge in [-0.05, 0) is 0 Å². The predicted molar refractivity (Wildman–Crippen MR) is 37.3 cm³/mol. The van der Waals surface area contributed by atoms with Crippen molar-refractivity contribution in [2.45, 2.75) is 6.92 Å². The number of ketones is 1. The highest BCUT2D eigenvalue weighted by molar-refractivity contribution is 5.97. The van der Waals surface area contributed by atoms with Crippen LogP contribution in [0, 0.1) is 6.08 Å². The third kappa shape index (κ3) is 1.12. The van der Waals surface area contributed by atoms with E-state index in [0.717, 1.165) is 0 Å². The van der Waals surface area contributed by atoms with E-state index in [1.54, 1.807) is 18.2 Å². The summed E-state index contributed by atoms with van der Waals surface area (Å²) in [4.78, 5) is 10.7. The molecule has 0 saturated heterocycles. The number of Topliss-reactive ketones (excluding diaryl/α,β-unsaturated/α-hetero) is 1. The largest absolute Gasteiger partial charge is 0.480 e. The van der Waals surface area contributed by atoms with Crippen LogP contribution in [0.15, 0.2) is 29.6 Å². The summed E-state index contributed by atoms with van der Waals surface area (Å²) >= 11 is 0. The van der Waals surface area contributed by atoms with Crippen LogP contribution >= 0.6 is 0 Å². The maximum absolute atomic E-state index is 10.7. The van der Waals surface area contributed by atoms with Crippen LogP contribution in [0.3, 0.4) is 0 Å². The van der Waals surface area contributed by atoms with Gasteiger partial charge in [-0.2, -0.15) is 0 Å². The van der Waals surface area contributed by atoms with Gasteiger partial charge < -0.3 is 5.11 Å². The van der Waals surface area contributed by atoms with Gasteiger partial charge in [0.2, 0.25) is 5.78 Å². The molecule has 0 bridgehead atoms. The zero-order chi connectivity index (χ0) is 7.56. The molecule has 2 heteroatoms. The molecule has 0 amide bonds. The number of rotatable bonds is 1. The summed E-state index contributed by atoms with van der Waals surface area (Å²) in [5, 5.41) is 9.00. The van der Waals surface area contributed by atoms with Crippen molar-refractivity contribution in [2.24, 2.45) is 0 Å². The second kappa shape index (κ2) is 2.46. The molecule has 0 radical (unpaired) electrons. The first-order chi connectivity index (χ1) is 4.72. The van der Waals surface area contributed by atoms with Crippen LogP contribution in [0.25, 0.3) is 0 Å². The molecule has 0 aromatic heterocycles. The van der Waals surface area contributed by atoms with Crippen molar-refractivity contribution >= 4 is 5.78 Å². The van der Waals surface area contributed by atoms with Crippen LogP contribution in [-0.2, 0) is 4.79 Å². The van der Waals surface area contributed by atoms with Crippen LogP contribution in [0.5, 0.6) is 0 Å². The molecular formula is C8H7O2+. The molecule has 0 aromatic rings. The monoisotopic (exact) mass is 135 g/mol. The lowest BCUT2D eigenvalue weighted by molar-refractivity contribution is -0.113. The fourth-order valence-electron chi connectivity index (χ4n) is 0.712. The Hall–Kier alpha value is -1.40. The number of allylic oxidation sites excluding steroid dienone is 5. The van der Waals surface area contributed by atoms with Crippen molar-refractivity contribution in [1.29, 1.82) is 0 Å². The lowest BCUT2D eigenvalue weighted by atomic mass is 10.1. The molecule has 0 atom stereocenters. The van der Waals surface area contributed by atoms with Crippen molar-refractivity contribution < 1.29 is 9.90 Å². The van der Waals surface area contributed by atoms with Crippen LogP contribution < -0.4 is 0 Å². The number of aliphatic hydroxyl groups excluding tert-OH is 1. The quantitative estimate of drug-likeness (QED) is 0.550. The molecule has 0 heterocycles. The Morgan fingerprint density at radius 1 is 1.70 bits per heavy atom. The van der Waals surface area contributed by atoms with Crippen LogP contribution in [-0.4, -0.2) is 10.9 Å². The fraction of sp³-hybridized carbons (Fsp3) is 0.125. The molecule has 50 valence electrons. The summed E-state index contributed by atoms with van der Waals surface area (Å²) < 4.78 is 0. The molecule has 1 N–H and O–H groups in total. The SMILES string of the molecule is CC(=O)C1=CC=C[C+]=C1O. The normalized spacial score (nSPS) is 15.3. The Morgan fingerprint density at radius 3 is 2.80 bits per heavy atom. The first kappa shape index (κ1) is 6.72. The van der Waals surface area contributed by atoms with Gasteiger partial charge in [-0.15, -0.1) is 0 Å². The van der Waals surface area contributed by atoms with E-state index >= 15 is 0 Å². The van der Waals surface area contributed by atoms with E-state index < -0.39 is 0 Å². The first-order valence-electron chi connectivity index (χ1n) is 2.92. The standard InChI is InChI=1S/C8H6O2/c1-6(9)7-4-2-3-5-8(7)10/h2-4H,1H3/p+1. The average Bonchev–Trinajstić information content (AvgIpc) is 1.88. The van der Waals surface area contributed by atoms with E-state index in [2.05, 4.69) is 6.08 Å². The lowest BCUT2D eigenvalue weighted by Crippen LogP contribution is -2.01.